The summed E-state index contributed by atoms with van der Waals surface area (Å²) in [6.45, 7) is 13.7. The highest BCUT2D eigenvalue weighted by Crippen LogP contribution is 2.43. The van der Waals surface area contributed by atoms with Gasteiger partial charge in [0.25, 0.3) is 0 Å². The summed E-state index contributed by atoms with van der Waals surface area (Å²) in [6, 6.07) is 25.7. The Kier molecular flexibility index (Phi) is 6.69. The lowest BCUT2D eigenvalue weighted by Crippen LogP contribution is -2.23. The predicted octanol–water partition coefficient (Wildman–Crippen LogP) is 8.14. The maximum absolute atomic E-state index is 12.6. The van der Waals surface area contributed by atoms with Gasteiger partial charge in [0.15, 0.2) is 0 Å². The summed E-state index contributed by atoms with van der Waals surface area (Å²) in [7, 11) is 0. The standard InChI is InChI=1S/C29H34O2/c1-28(2,3)20-26(29(4,5)6)23-16-18-25(19-17-23)31-27(30)24-14-12-22(13-15-24)21-10-8-7-9-11-21/h7-19,26H,20H2,1-6H3. The molecule has 0 heterocycles. The molecule has 0 saturated heterocycles. The van der Waals surface area contributed by atoms with Gasteiger partial charge in [-0.1, -0.05) is 96.1 Å². The van der Waals surface area contributed by atoms with E-state index in [0.29, 0.717) is 17.2 Å². The van der Waals surface area contributed by atoms with Gasteiger partial charge in [0.2, 0.25) is 0 Å². The van der Waals surface area contributed by atoms with E-state index >= 15 is 0 Å². The number of esters is 1. The SMILES string of the molecule is CC(C)(C)CC(c1ccc(OC(=O)c2ccc(-c3ccccc3)cc2)cc1)C(C)(C)C. The van der Waals surface area contributed by atoms with E-state index in [0.717, 1.165) is 17.5 Å². The Morgan fingerprint density at radius 3 is 1.81 bits per heavy atom. The van der Waals surface area contributed by atoms with Crippen molar-refractivity contribution < 1.29 is 9.53 Å². The van der Waals surface area contributed by atoms with E-state index in [-0.39, 0.29) is 16.8 Å². The first kappa shape index (κ1) is 22.8. The van der Waals surface area contributed by atoms with Crippen molar-refractivity contribution in [3.8, 4) is 16.9 Å². The number of hydrogen-bond donors (Lipinski definition) is 0. The fourth-order valence-corrected chi connectivity index (χ4v) is 3.90. The fraction of sp³-hybridized carbons (Fsp3) is 0.345. The molecule has 1 unspecified atom stereocenters. The van der Waals surface area contributed by atoms with Gasteiger partial charge in [0.05, 0.1) is 5.56 Å². The van der Waals surface area contributed by atoms with Gasteiger partial charge < -0.3 is 4.74 Å². The molecular weight excluding hydrogens is 380 g/mol. The predicted molar refractivity (Wildman–Crippen MR) is 130 cm³/mol. The Bertz CT molecular complexity index is 986. The number of carbonyl (C=O) groups excluding carboxylic acids is 1. The molecule has 3 aromatic carbocycles. The molecular formula is C29H34O2. The van der Waals surface area contributed by atoms with Gasteiger partial charge in [-0.3, -0.25) is 0 Å². The van der Waals surface area contributed by atoms with Crippen molar-refractivity contribution in [1.29, 1.82) is 0 Å². The van der Waals surface area contributed by atoms with Crippen LogP contribution in [0.4, 0.5) is 0 Å². The van der Waals surface area contributed by atoms with E-state index in [1.807, 2.05) is 54.6 Å². The number of benzene rings is 3. The molecule has 162 valence electrons. The van der Waals surface area contributed by atoms with Crippen LogP contribution in [0, 0.1) is 10.8 Å². The Hall–Kier alpha value is -2.87. The molecule has 0 aromatic heterocycles. The van der Waals surface area contributed by atoms with E-state index < -0.39 is 0 Å². The van der Waals surface area contributed by atoms with Gasteiger partial charge in [-0.05, 0) is 64.1 Å². The van der Waals surface area contributed by atoms with Gasteiger partial charge in [0, 0.05) is 0 Å². The Balaban J connectivity index is 1.71. The van der Waals surface area contributed by atoms with Gasteiger partial charge in [-0.25, -0.2) is 4.79 Å². The highest BCUT2D eigenvalue weighted by Gasteiger charge is 2.30. The second kappa shape index (κ2) is 9.09. The smallest absolute Gasteiger partial charge is 0.343 e. The Labute approximate surface area is 187 Å². The normalized spacial score (nSPS) is 13.0. The van der Waals surface area contributed by atoms with Crippen LogP contribution in [-0.2, 0) is 0 Å². The molecule has 0 radical (unpaired) electrons. The second-order valence-corrected chi connectivity index (χ2v) is 10.6. The zero-order valence-electron chi connectivity index (χ0n) is 19.6. The molecule has 0 aliphatic rings. The van der Waals surface area contributed by atoms with Crippen LogP contribution in [0.15, 0.2) is 78.9 Å². The van der Waals surface area contributed by atoms with Gasteiger partial charge in [-0.2, -0.15) is 0 Å². The minimum atomic E-state index is -0.338. The minimum Gasteiger partial charge on any atom is -0.423 e. The van der Waals surface area contributed by atoms with E-state index in [2.05, 4.69) is 65.8 Å². The lowest BCUT2D eigenvalue weighted by Gasteiger charge is -2.36. The minimum absolute atomic E-state index is 0.159. The summed E-state index contributed by atoms with van der Waals surface area (Å²) >= 11 is 0. The third-order valence-electron chi connectivity index (χ3n) is 5.58. The average Bonchev–Trinajstić information content (AvgIpc) is 2.72. The summed E-state index contributed by atoms with van der Waals surface area (Å²) in [4.78, 5) is 12.6. The number of ether oxygens (including phenoxy) is 1. The van der Waals surface area contributed by atoms with Crippen molar-refractivity contribution in [3.05, 3.63) is 90.0 Å². The summed E-state index contributed by atoms with van der Waals surface area (Å²) in [5.41, 5.74) is 4.44. The van der Waals surface area contributed by atoms with E-state index in [1.54, 1.807) is 0 Å². The van der Waals surface area contributed by atoms with Crippen LogP contribution in [0.25, 0.3) is 11.1 Å². The summed E-state index contributed by atoms with van der Waals surface area (Å²) in [6.07, 6.45) is 1.10. The molecule has 0 aliphatic heterocycles. The average molecular weight is 415 g/mol. The summed E-state index contributed by atoms with van der Waals surface area (Å²) in [5.74, 6) is 0.668. The van der Waals surface area contributed by atoms with Crippen LogP contribution in [0.2, 0.25) is 0 Å². The number of rotatable bonds is 5. The lowest BCUT2D eigenvalue weighted by molar-refractivity contribution is 0.0734. The summed E-state index contributed by atoms with van der Waals surface area (Å²) < 4.78 is 5.63. The molecule has 3 aromatic rings. The van der Waals surface area contributed by atoms with Crippen molar-refractivity contribution in [2.75, 3.05) is 0 Å². The monoisotopic (exact) mass is 414 g/mol. The molecule has 0 aliphatic carbocycles. The Morgan fingerprint density at radius 2 is 1.29 bits per heavy atom. The first-order valence-corrected chi connectivity index (χ1v) is 11.0. The van der Waals surface area contributed by atoms with Crippen molar-refractivity contribution in [3.63, 3.8) is 0 Å². The fourth-order valence-electron chi connectivity index (χ4n) is 3.90. The number of carbonyl (C=O) groups is 1. The molecule has 0 amide bonds. The zero-order chi connectivity index (χ0) is 22.6. The van der Waals surface area contributed by atoms with E-state index in [1.165, 1.54) is 5.56 Å². The van der Waals surface area contributed by atoms with Crippen molar-refractivity contribution in [2.45, 2.75) is 53.9 Å². The van der Waals surface area contributed by atoms with E-state index in [4.69, 9.17) is 4.74 Å². The maximum Gasteiger partial charge on any atom is 0.343 e. The molecule has 2 heteroatoms. The molecule has 3 rings (SSSR count). The lowest BCUT2D eigenvalue weighted by atomic mass is 9.69. The number of hydrogen-bond acceptors (Lipinski definition) is 2. The van der Waals surface area contributed by atoms with Crippen molar-refractivity contribution >= 4 is 5.97 Å². The molecule has 0 fully saturated rings. The largest absolute Gasteiger partial charge is 0.423 e. The first-order chi connectivity index (χ1) is 14.5. The highest BCUT2D eigenvalue weighted by molar-refractivity contribution is 5.91. The maximum atomic E-state index is 12.6. The molecule has 0 bridgehead atoms. The van der Waals surface area contributed by atoms with Crippen LogP contribution in [0.5, 0.6) is 5.75 Å². The van der Waals surface area contributed by atoms with Gasteiger partial charge in [-0.15, -0.1) is 0 Å². The summed E-state index contributed by atoms with van der Waals surface area (Å²) in [5, 5.41) is 0. The Morgan fingerprint density at radius 1 is 0.742 bits per heavy atom. The van der Waals surface area contributed by atoms with Crippen LogP contribution < -0.4 is 4.74 Å². The third kappa shape index (κ3) is 6.30. The highest BCUT2D eigenvalue weighted by atomic mass is 16.5. The van der Waals surface area contributed by atoms with E-state index in [9.17, 15) is 4.79 Å². The van der Waals surface area contributed by atoms with Crippen molar-refractivity contribution in [2.24, 2.45) is 10.8 Å². The third-order valence-corrected chi connectivity index (χ3v) is 5.58. The molecule has 0 N–H and O–H groups in total. The van der Waals surface area contributed by atoms with Crippen LogP contribution >= 0.6 is 0 Å². The van der Waals surface area contributed by atoms with Crippen LogP contribution in [0.3, 0.4) is 0 Å². The molecule has 1 atom stereocenters. The van der Waals surface area contributed by atoms with Gasteiger partial charge >= 0.3 is 5.97 Å². The quantitative estimate of drug-likeness (QED) is 0.311. The van der Waals surface area contributed by atoms with Gasteiger partial charge in [0.1, 0.15) is 5.75 Å². The van der Waals surface area contributed by atoms with Crippen molar-refractivity contribution in [1.82, 2.24) is 0 Å². The molecule has 31 heavy (non-hydrogen) atoms. The first-order valence-electron chi connectivity index (χ1n) is 11.0. The second-order valence-electron chi connectivity index (χ2n) is 10.6. The molecule has 2 nitrogen and oxygen atoms in total. The molecule has 0 saturated carbocycles. The van der Waals surface area contributed by atoms with Crippen LogP contribution in [0.1, 0.15) is 69.8 Å². The topological polar surface area (TPSA) is 26.3 Å². The van der Waals surface area contributed by atoms with Crippen LogP contribution in [-0.4, -0.2) is 5.97 Å². The zero-order valence-corrected chi connectivity index (χ0v) is 19.6. The molecule has 0 spiro atoms.